The zero-order valence-corrected chi connectivity index (χ0v) is 9.22. The fourth-order valence-corrected chi connectivity index (χ4v) is 2.37. The molecule has 1 aliphatic rings. The van der Waals surface area contributed by atoms with Crippen LogP contribution in [0.3, 0.4) is 0 Å². The van der Waals surface area contributed by atoms with Crippen molar-refractivity contribution in [2.45, 2.75) is 45.1 Å². The van der Waals surface area contributed by atoms with Gasteiger partial charge < -0.3 is 10.2 Å². The quantitative estimate of drug-likeness (QED) is 0.687. The minimum absolute atomic E-state index is 0.142. The summed E-state index contributed by atoms with van der Waals surface area (Å²) in [4.78, 5) is 10.6. The average Bonchev–Trinajstić information content (AvgIpc) is 2.49. The molecule has 0 spiro atoms. The Kier molecular flexibility index (Phi) is 4.82. The Morgan fingerprint density at radius 2 is 2.13 bits per heavy atom. The van der Waals surface area contributed by atoms with Gasteiger partial charge in [0.25, 0.3) is 0 Å². The number of carboxylic acid groups (broad SMARTS) is 1. The highest BCUT2D eigenvalue weighted by atomic mass is 16.4. The molecule has 3 heteroatoms. The molecule has 2 N–H and O–H groups in total. The van der Waals surface area contributed by atoms with Gasteiger partial charge in [0.1, 0.15) is 0 Å². The van der Waals surface area contributed by atoms with E-state index in [2.05, 4.69) is 19.1 Å². The van der Waals surface area contributed by atoms with E-state index in [-0.39, 0.29) is 24.4 Å². The number of hydrogen-bond donors (Lipinski definition) is 2. The highest BCUT2D eigenvalue weighted by Crippen LogP contribution is 2.36. The molecule has 86 valence electrons. The molecule has 3 atom stereocenters. The van der Waals surface area contributed by atoms with Crippen molar-refractivity contribution < 1.29 is 15.0 Å². The van der Waals surface area contributed by atoms with Gasteiger partial charge >= 0.3 is 5.97 Å². The molecule has 0 aliphatic heterocycles. The molecular weight excluding hydrogens is 192 g/mol. The maximum atomic E-state index is 10.6. The standard InChI is InChI=1S/C12H20O3/c1-2-3-4-5-10-9(8-12(14)15)6-7-11(10)13/h3-4,9-11,13H,2,5-8H2,1H3,(H,14,15)/b4-3-/t9-,10-,11+/m0/s1. The molecule has 3 nitrogen and oxygen atoms in total. The second-order valence-corrected chi connectivity index (χ2v) is 4.28. The van der Waals surface area contributed by atoms with Crippen LogP contribution in [0, 0.1) is 11.8 Å². The average molecular weight is 212 g/mol. The third kappa shape index (κ3) is 3.67. The third-order valence-corrected chi connectivity index (χ3v) is 3.18. The van der Waals surface area contributed by atoms with E-state index >= 15 is 0 Å². The smallest absolute Gasteiger partial charge is 0.303 e. The number of aliphatic carboxylic acids is 1. The highest BCUT2D eigenvalue weighted by Gasteiger charge is 2.34. The fraction of sp³-hybridized carbons (Fsp3) is 0.750. The van der Waals surface area contributed by atoms with Crippen molar-refractivity contribution in [1.82, 2.24) is 0 Å². The molecule has 0 heterocycles. The van der Waals surface area contributed by atoms with Crippen LogP contribution in [0.1, 0.15) is 39.0 Å². The van der Waals surface area contributed by atoms with Gasteiger partial charge in [-0.25, -0.2) is 0 Å². The van der Waals surface area contributed by atoms with E-state index in [0.29, 0.717) is 0 Å². The van der Waals surface area contributed by atoms with Crippen LogP contribution in [0.5, 0.6) is 0 Å². The van der Waals surface area contributed by atoms with E-state index in [4.69, 9.17) is 5.11 Å². The zero-order valence-electron chi connectivity index (χ0n) is 9.22. The summed E-state index contributed by atoms with van der Waals surface area (Å²) < 4.78 is 0. The largest absolute Gasteiger partial charge is 0.481 e. The Hall–Kier alpha value is -0.830. The van der Waals surface area contributed by atoms with Crippen molar-refractivity contribution in [2.24, 2.45) is 11.8 Å². The molecule has 1 saturated carbocycles. The van der Waals surface area contributed by atoms with Gasteiger partial charge in [0, 0.05) is 6.42 Å². The van der Waals surface area contributed by atoms with Gasteiger partial charge in [-0.05, 0) is 37.5 Å². The maximum absolute atomic E-state index is 10.6. The van der Waals surface area contributed by atoms with Crippen LogP contribution in [0.2, 0.25) is 0 Å². The Morgan fingerprint density at radius 1 is 1.40 bits per heavy atom. The number of carbonyl (C=O) groups is 1. The molecule has 0 saturated heterocycles. The van der Waals surface area contributed by atoms with Crippen LogP contribution in [0.4, 0.5) is 0 Å². The first kappa shape index (κ1) is 12.2. The summed E-state index contributed by atoms with van der Waals surface area (Å²) >= 11 is 0. The van der Waals surface area contributed by atoms with Gasteiger partial charge in [-0.1, -0.05) is 19.1 Å². The summed E-state index contributed by atoms with van der Waals surface area (Å²) in [6.07, 6.45) is 7.43. The van der Waals surface area contributed by atoms with Crippen LogP contribution >= 0.6 is 0 Å². The number of rotatable bonds is 5. The Balaban J connectivity index is 2.48. The van der Waals surface area contributed by atoms with E-state index in [0.717, 1.165) is 25.7 Å². The second kappa shape index (κ2) is 5.91. The SMILES string of the molecule is CC/C=C\C[C@H]1[C@H](CC(=O)O)CC[C@H]1O. The molecule has 1 aliphatic carbocycles. The second-order valence-electron chi connectivity index (χ2n) is 4.28. The predicted molar refractivity (Wildman–Crippen MR) is 58.5 cm³/mol. The summed E-state index contributed by atoms with van der Waals surface area (Å²) in [6, 6.07) is 0. The lowest BCUT2D eigenvalue weighted by Gasteiger charge is -2.18. The lowest BCUT2D eigenvalue weighted by molar-refractivity contribution is -0.138. The highest BCUT2D eigenvalue weighted by molar-refractivity contribution is 5.67. The Morgan fingerprint density at radius 3 is 2.73 bits per heavy atom. The molecular formula is C12H20O3. The summed E-state index contributed by atoms with van der Waals surface area (Å²) in [5.41, 5.74) is 0. The predicted octanol–water partition coefficient (Wildman–Crippen LogP) is 2.20. The minimum atomic E-state index is -0.751. The molecule has 0 unspecified atom stereocenters. The van der Waals surface area contributed by atoms with Crippen LogP contribution in [0.15, 0.2) is 12.2 Å². The third-order valence-electron chi connectivity index (χ3n) is 3.18. The molecule has 15 heavy (non-hydrogen) atoms. The van der Waals surface area contributed by atoms with Gasteiger partial charge in [0.15, 0.2) is 0 Å². The van der Waals surface area contributed by atoms with Crippen LogP contribution in [-0.4, -0.2) is 22.3 Å². The summed E-state index contributed by atoms with van der Waals surface area (Å²) in [5.74, 6) is -0.457. The number of carboxylic acids is 1. The zero-order chi connectivity index (χ0) is 11.3. The van der Waals surface area contributed by atoms with Gasteiger partial charge in [-0.15, -0.1) is 0 Å². The summed E-state index contributed by atoms with van der Waals surface area (Å²) in [7, 11) is 0. The number of aliphatic hydroxyl groups excluding tert-OH is 1. The van der Waals surface area contributed by atoms with E-state index in [9.17, 15) is 9.90 Å². The van der Waals surface area contributed by atoms with Crippen LogP contribution < -0.4 is 0 Å². The van der Waals surface area contributed by atoms with E-state index in [1.165, 1.54) is 0 Å². The molecule has 1 fully saturated rings. The first-order chi connectivity index (χ1) is 7.15. The van der Waals surface area contributed by atoms with Crippen molar-refractivity contribution >= 4 is 5.97 Å². The summed E-state index contributed by atoms with van der Waals surface area (Å²) in [5, 5.41) is 18.5. The van der Waals surface area contributed by atoms with Crippen LogP contribution in [-0.2, 0) is 4.79 Å². The lowest BCUT2D eigenvalue weighted by Crippen LogP contribution is -2.20. The van der Waals surface area contributed by atoms with Crippen LogP contribution in [0.25, 0.3) is 0 Å². The van der Waals surface area contributed by atoms with Gasteiger partial charge in [-0.3, -0.25) is 4.79 Å². The molecule has 1 rings (SSSR count). The van der Waals surface area contributed by atoms with E-state index in [1.807, 2.05) is 0 Å². The van der Waals surface area contributed by atoms with Gasteiger partial charge in [0.05, 0.1) is 6.10 Å². The first-order valence-corrected chi connectivity index (χ1v) is 5.70. The number of hydrogen-bond acceptors (Lipinski definition) is 2. The maximum Gasteiger partial charge on any atom is 0.303 e. The van der Waals surface area contributed by atoms with Crippen molar-refractivity contribution in [3.63, 3.8) is 0 Å². The van der Waals surface area contributed by atoms with Gasteiger partial charge in [0.2, 0.25) is 0 Å². The lowest BCUT2D eigenvalue weighted by atomic mass is 9.89. The van der Waals surface area contributed by atoms with E-state index < -0.39 is 5.97 Å². The fourth-order valence-electron chi connectivity index (χ4n) is 2.37. The Bertz CT molecular complexity index is 235. The molecule has 0 aromatic heterocycles. The van der Waals surface area contributed by atoms with Crippen molar-refractivity contribution in [3.05, 3.63) is 12.2 Å². The van der Waals surface area contributed by atoms with Crippen molar-refractivity contribution in [1.29, 1.82) is 0 Å². The molecule has 0 aromatic rings. The number of allylic oxidation sites excluding steroid dienone is 2. The summed E-state index contributed by atoms with van der Waals surface area (Å²) in [6.45, 7) is 2.07. The molecule has 0 aromatic carbocycles. The van der Waals surface area contributed by atoms with E-state index in [1.54, 1.807) is 0 Å². The topological polar surface area (TPSA) is 57.5 Å². The molecule has 0 radical (unpaired) electrons. The van der Waals surface area contributed by atoms with Crippen molar-refractivity contribution in [3.8, 4) is 0 Å². The molecule has 0 bridgehead atoms. The first-order valence-electron chi connectivity index (χ1n) is 5.70. The van der Waals surface area contributed by atoms with Crippen molar-refractivity contribution in [2.75, 3.05) is 0 Å². The monoisotopic (exact) mass is 212 g/mol. The van der Waals surface area contributed by atoms with Gasteiger partial charge in [-0.2, -0.15) is 0 Å². The minimum Gasteiger partial charge on any atom is -0.481 e. The number of aliphatic hydroxyl groups is 1. The Labute approximate surface area is 90.8 Å². The molecule has 0 amide bonds. The normalized spacial score (nSPS) is 31.2.